The van der Waals surface area contributed by atoms with Gasteiger partial charge in [0.2, 0.25) is 0 Å². The molecule has 0 amide bonds. The predicted octanol–water partition coefficient (Wildman–Crippen LogP) is 3.72. The molecule has 0 saturated heterocycles. The van der Waals surface area contributed by atoms with Gasteiger partial charge in [-0.05, 0) is 26.7 Å². The van der Waals surface area contributed by atoms with Gasteiger partial charge >= 0.3 is 0 Å². The Labute approximate surface area is 85.9 Å². The van der Waals surface area contributed by atoms with E-state index in [9.17, 15) is 8.78 Å². The van der Waals surface area contributed by atoms with Crippen LogP contribution in [-0.2, 0) is 0 Å². The molecule has 0 unspecified atom stereocenters. The van der Waals surface area contributed by atoms with Crippen molar-refractivity contribution in [3.8, 4) is 0 Å². The monoisotopic (exact) mass is 226 g/mol. The van der Waals surface area contributed by atoms with Gasteiger partial charge in [-0.2, -0.15) is 0 Å². The van der Waals surface area contributed by atoms with Crippen LogP contribution in [0.2, 0.25) is 0 Å². The average molecular weight is 227 g/mol. The molecule has 0 nitrogen and oxygen atoms in total. The number of halogens is 4. The first-order chi connectivity index (χ1) is 5.76. The normalized spacial score (nSPS) is 47.5. The molecule has 0 aromatic carbocycles. The van der Waals surface area contributed by atoms with E-state index in [1.165, 1.54) is 0 Å². The third-order valence-electron chi connectivity index (χ3n) is 3.31. The van der Waals surface area contributed by atoms with Crippen LogP contribution in [0.15, 0.2) is 11.1 Å². The van der Waals surface area contributed by atoms with Crippen molar-refractivity contribution in [1.29, 1.82) is 0 Å². The number of fused-ring (bicyclic) bond motifs is 1. The molecule has 2 aliphatic carbocycles. The molecule has 0 aliphatic heterocycles. The van der Waals surface area contributed by atoms with Gasteiger partial charge in [-0.1, -0.05) is 11.1 Å². The van der Waals surface area contributed by atoms with Crippen molar-refractivity contribution in [2.75, 3.05) is 0 Å². The lowest BCUT2D eigenvalue weighted by Gasteiger charge is -2.20. The van der Waals surface area contributed by atoms with Gasteiger partial charge in [0.1, 0.15) is 9.75 Å². The van der Waals surface area contributed by atoms with E-state index >= 15 is 0 Å². The van der Waals surface area contributed by atoms with Crippen molar-refractivity contribution in [3.05, 3.63) is 11.1 Å². The van der Waals surface area contributed by atoms with E-state index in [0.29, 0.717) is 0 Å². The minimum Gasteiger partial charge on any atom is -0.203 e. The molecular formula is C9H10Cl2F2. The Morgan fingerprint density at radius 1 is 1.00 bits per heavy atom. The Morgan fingerprint density at radius 2 is 1.31 bits per heavy atom. The first-order valence-electron chi connectivity index (χ1n) is 4.17. The molecule has 13 heavy (non-hydrogen) atoms. The summed E-state index contributed by atoms with van der Waals surface area (Å²) < 4.78 is 26.7. The molecular weight excluding hydrogens is 217 g/mol. The third-order valence-corrected chi connectivity index (χ3v) is 4.79. The molecule has 0 bridgehead atoms. The molecule has 0 spiro atoms. The highest BCUT2D eigenvalue weighted by Crippen LogP contribution is 2.76. The number of alkyl halides is 4. The zero-order chi connectivity index (χ0) is 10.1. The first kappa shape index (κ1) is 9.72. The standard InChI is InChI=1S/C9H10Cl2F2/c1-5-3-7(10)8(11,4-6(5)2)9(7,12)13/h3-4H2,1-2H3/t7-,8+. The molecule has 0 radical (unpaired) electrons. The SMILES string of the molecule is CC1=C(C)C[C@]2(Cl)C(F)(F)[C@]2(Cl)C1. The fraction of sp³-hybridized carbons (Fsp3) is 0.778. The fourth-order valence-corrected chi connectivity index (χ4v) is 3.12. The molecule has 0 aromatic rings. The van der Waals surface area contributed by atoms with E-state index in [1.807, 2.05) is 13.8 Å². The molecule has 1 saturated carbocycles. The lowest BCUT2D eigenvalue weighted by Crippen LogP contribution is -2.20. The van der Waals surface area contributed by atoms with Gasteiger partial charge < -0.3 is 0 Å². The Morgan fingerprint density at radius 3 is 1.62 bits per heavy atom. The fourth-order valence-electron chi connectivity index (χ4n) is 2.07. The lowest BCUT2D eigenvalue weighted by molar-refractivity contribution is 0.0942. The largest absolute Gasteiger partial charge is 0.290 e. The summed E-state index contributed by atoms with van der Waals surface area (Å²) in [6, 6.07) is 0. The van der Waals surface area contributed by atoms with Crippen molar-refractivity contribution in [1.82, 2.24) is 0 Å². The van der Waals surface area contributed by atoms with Crippen LogP contribution in [0.5, 0.6) is 0 Å². The predicted molar refractivity (Wildman–Crippen MR) is 49.7 cm³/mol. The van der Waals surface area contributed by atoms with Crippen LogP contribution in [0.3, 0.4) is 0 Å². The topological polar surface area (TPSA) is 0 Å². The molecule has 2 rings (SSSR count). The zero-order valence-electron chi connectivity index (χ0n) is 7.43. The van der Waals surface area contributed by atoms with Gasteiger partial charge in [-0.15, -0.1) is 23.2 Å². The summed E-state index contributed by atoms with van der Waals surface area (Å²) in [5.74, 6) is -2.93. The Balaban J connectivity index is 2.41. The minimum absolute atomic E-state index is 0.205. The highest BCUT2D eigenvalue weighted by Gasteiger charge is 2.91. The summed E-state index contributed by atoms with van der Waals surface area (Å²) >= 11 is 11.6. The smallest absolute Gasteiger partial charge is 0.203 e. The summed E-state index contributed by atoms with van der Waals surface area (Å²) in [5.41, 5.74) is 1.90. The average Bonchev–Trinajstić information content (AvgIpc) is 2.30. The van der Waals surface area contributed by atoms with Crippen molar-refractivity contribution in [3.63, 3.8) is 0 Å². The summed E-state index contributed by atoms with van der Waals surface area (Å²) in [5, 5.41) is 0. The van der Waals surface area contributed by atoms with Crippen molar-refractivity contribution < 1.29 is 8.78 Å². The van der Waals surface area contributed by atoms with Crippen LogP contribution in [0, 0.1) is 0 Å². The Bertz CT molecular complexity index is 283. The summed E-state index contributed by atoms with van der Waals surface area (Å²) in [7, 11) is 0. The zero-order valence-corrected chi connectivity index (χ0v) is 8.94. The second kappa shape index (κ2) is 2.22. The van der Waals surface area contributed by atoms with Crippen LogP contribution in [0.25, 0.3) is 0 Å². The Hall–Kier alpha value is 0.180. The number of rotatable bonds is 0. The Kier molecular flexibility index (Phi) is 1.66. The van der Waals surface area contributed by atoms with E-state index in [-0.39, 0.29) is 12.8 Å². The van der Waals surface area contributed by atoms with Gasteiger partial charge in [0.05, 0.1) is 0 Å². The molecule has 0 aromatic heterocycles. The quantitative estimate of drug-likeness (QED) is 0.437. The highest BCUT2D eigenvalue weighted by molar-refractivity contribution is 6.42. The lowest BCUT2D eigenvalue weighted by atomic mass is 9.93. The summed E-state index contributed by atoms with van der Waals surface area (Å²) in [6.45, 7) is 3.68. The van der Waals surface area contributed by atoms with Crippen molar-refractivity contribution >= 4 is 23.2 Å². The van der Waals surface area contributed by atoms with Crippen molar-refractivity contribution in [2.24, 2.45) is 0 Å². The number of hydrogen-bond donors (Lipinski definition) is 0. The van der Waals surface area contributed by atoms with E-state index < -0.39 is 15.7 Å². The van der Waals surface area contributed by atoms with Gasteiger partial charge in [-0.25, -0.2) is 8.78 Å². The van der Waals surface area contributed by atoms with Gasteiger partial charge in [0, 0.05) is 0 Å². The molecule has 0 heterocycles. The van der Waals surface area contributed by atoms with Gasteiger partial charge in [0.25, 0.3) is 5.92 Å². The second-order valence-electron chi connectivity index (χ2n) is 4.09. The van der Waals surface area contributed by atoms with Crippen LogP contribution >= 0.6 is 23.2 Å². The van der Waals surface area contributed by atoms with Crippen LogP contribution < -0.4 is 0 Å². The second-order valence-corrected chi connectivity index (χ2v) is 5.38. The van der Waals surface area contributed by atoms with Crippen LogP contribution in [0.1, 0.15) is 26.7 Å². The minimum atomic E-state index is -2.93. The maximum atomic E-state index is 13.3. The van der Waals surface area contributed by atoms with Crippen molar-refractivity contribution in [2.45, 2.75) is 42.4 Å². The molecule has 2 atom stereocenters. The molecule has 1 fully saturated rings. The highest BCUT2D eigenvalue weighted by atomic mass is 35.5. The van der Waals surface area contributed by atoms with E-state index in [1.54, 1.807) is 0 Å². The molecule has 2 aliphatic rings. The van der Waals surface area contributed by atoms with E-state index in [0.717, 1.165) is 11.1 Å². The van der Waals surface area contributed by atoms with Crippen LogP contribution in [0.4, 0.5) is 8.78 Å². The van der Waals surface area contributed by atoms with Crippen LogP contribution in [-0.4, -0.2) is 15.7 Å². The maximum Gasteiger partial charge on any atom is 0.290 e. The number of allylic oxidation sites excluding steroid dienone is 2. The van der Waals surface area contributed by atoms with Gasteiger partial charge in [0.15, 0.2) is 0 Å². The summed E-state index contributed by atoms with van der Waals surface area (Å²) in [6.07, 6.45) is 0.410. The maximum absolute atomic E-state index is 13.3. The molecule has 4 heteroatoms. The third kappa shape index (κ3) is 0.822. The van der Waals surface area contributed by atoms with E-state index in [4.69, 9.17) is 23.2 Å². The molecule has 74 valence electrons. The van der Waals surface area contributed by atoms with E-state index in [2.05, 4.69) is 0 Å². The summed E-state index contributed by atoms with van der Waals surface area (Å²) in [4.78, 5) is -3.05. The number of hydrogen-bond acceptors (Lipinski definition) is 0. The van der Waals surface area contributed by atoms with Gasteiger partial charge in [-0.3, -0.25) is 0 Å². The molecule has 0 N–H and O–H groups in total. The first-order valence-corrected chi connectivity index (χ1v) is 4.93.